The lowest BCUT2D eigenvalue weighted by molar-refractivity contribution is -0.143. The highest BCUT2D eigenvalue weighted by molar-refractivity contribution is 5.69. The van der Waals surface area contributed by atoms with Crippen LogP contribution in [0.4, 0.5) is 13.2 Å². The van der Waals surface area contributed by atoms with Crippen LogP contribution in [0.3, 0.4) is 0 Å². The van der Waals surface area contributed by atoms with Crippen LogP contribution >= 0.6 is 0 Å². The highest BCUT2D eigenvalue weighted by Crippen LogP contribution is 2.38. The van der Waals surface area contributed by atoms with Gasteiger partial charge in [0, 0.05) is 0 Å². The predicted octanol–water partition coefficient (Wildman–Crippen LogP) is 3.84. The van der Waals surface area contributed by atoms with Crippen LogP contribution in [0.1, 0.15) is 5.56 Å². The summed E-state index contributed by atoms with van der Waals surface area (Å²) in [5.74, 6) is -1.83. The molecule has 0 amide bonds. The van der Waals surface area contributed by atoms with Gasteiger partial charge in [0.1, 0.15) is 5.75 Å². The van der Waals surface area contributed by atoms with Gasteiger partial charge in [0.25, 0.3) is 0 Å². The van der Waals surface area contributed by atoms with Gasteiger partial charge in [-0.3, -0.25) is 0 Å². The third-order valence-electron chi connectivity index (χ3n) is 2.74. The topological polar surface area (TPSA) is 46.5 Å². The number of rotatable bonds is 4. The maximum absolute atomic E-state index is 13.0. The van der Waals surface area contributed by atoms with E-state index in [9.17, 15) is 18.0 Å². The van der Waals surface area contributed by atoms with Gasteiger partial charge in [-0.05, 0) is 23.3 Å². The first-order valence-corrected chi connectivity index (χ1v) is 5.99. The normalized spacial score (nSPS) is 11.2. The molecule has 1 N–H and O–H groups in total. The van der Waals surface area contributed by atoms with Gasteiger partial charge >= 0.3 is 12.1 Å². The van der Waals surface area contributed by atoms with E-state index >= 15 is 0 Å². The third kappa shape index (κ3) is 3.75. The van der Waals surface area contributed by atoms with Gasteiger partial charge in [-0.1, -0.05) is 36.4 Å². The summed E-state index contributed by atoms with van der Waals surface area (Å²) in [6.07, 6.45) is -4.63. The lowest BCUT2D eigenvalue weighted by Crippen LogP contribution is -2.14. The van der Waals surface area contributed by atoms with Crippen molar-refractivity contribution in [1.29, 1.82) is 0 Å². The Balaban J connectivity index is 2.43. The summed E-state index contributed by atoms with van der Waals surface area (Å²) >= 11 is 0. The zero-order chi connectivity index (χ0) is 15.5. The molecule has 0 saturated carbocycles. The molecule has 0 atom stereocenters. The molecule has 0 bridgehead atoms. The number of aliphatic carboxylic acids is 1. The van der Waals surface area contributed by atoms with E-state index in [0.29, 0.717) is 11.1 Å². The average molecular weight is 296 g/mol. The molecule has 0 radical (unpaired) electrons. The smallest absolute Gasteiger partial charge is 0.419 e. The summed E-state index contributed by atoms with van der Waals surface area (Å²) in [7, 11) is 0. The maximum atomic E-state index is 13.0. The summed E-state index contributed by atoms with van der Waals surface area (Å²) in [6.45, 7) is -0.826. The van der Waals surface area contributed by atoms with Gasteiger partial charge in [-0.15, -0.1) is 0 Å². The molecule has 2 aromatic rings. The highest BCUT2D eigenvalue weighted by atomic mass is 19.4. The monoisotopic (exact) mass is 296 g/mol. The van der Waals surface area contributed by atoms with Crippen molar-refractivity contribution < 1.29 is 27.8 Å². The minimum absolute atomic E-state index is 0.380. The van der Waals surface area contributed by atoms with E-state index in [0.717, 1.165) is 12.1 Å². The van der Waals surface area contributed by atoms with Gasteiger partial charge < -0.3 is 9.84 Å². The lowest BCUT2D eigenvalue weighted by Gasteiger charge is -2.14. The largest absolute Gasteiger partial charge is 0.481 e. The van der Waals surface area contributed by atoms with Gasteiger partial charge in [0.15, 0.2) is 6.61 Å². The fourth-order valence-electron chi connectivity index (χ4n) is 1.83. The molecule has 0 aliphatic carbocycles. The van der Waals surface area contributed by atoms with Crippen molar-refractivity contribution in [3.8, 4) is 16.9 Å². The molecule has 21 heavy (non-hydrogen) atoms. The summed E-state index contributed by atoms with van der Waals surface area (Å²) in [4.78, 5) is 10.4. The minimum atomic E-state index is -4.63. The number of carboxylic acid groups (broad SMARTS) is 1. The Labute approximate surface area is 118 Å². The van der Waals surface area contributed by atoms with Crippen LogP contribution in [0.15, 0.2) is 48.5 Å². The van der Waals surface area contributed by atoms with Crippen LogP contribution < -0.4 is 4.74 Å². The van der Waals surface area contributed by atoms with E-state index in [2.05, 4.69) is 0 Å². The van der Waals surface area contributed by atoms with Gasteiger partial charge in [0.2, 0.25) is 0 Å². The minimum Gasteiger partial charge on any atom is -0.481 e. The maximum Gasteiger partial charge on any atom is 0.419 e. The van der Waals surface area contributed by atoms with Crippen LogP contribution in [-0.4, -0.2) is 17.7 Å². The second-order valence-corrected chi connectivity index (χ2v) is 4.26. The van der Waals surface area contributed by atoms with E-state index in [1.54, 1.807) is 30.3 Å². The fourth-order valence-corrected chi connectivity index (χ4v) is 1.83. The second-order valence-electron chi connectivity index (χ2n) is 4.26. The van der Waals surface area contributed by atoms with E-state index in [1.807, 2.05) is 0 Å². The zero-order valence-corrected chi connectivity index (χ0v) is 10.7. The van der Waals surface area contributed by atoms with Crippen molar-refractivity contribution in [2.24, 2.45) is 0 Å². The second kappa shape index (κ2) is 5.87. The molecular weight excluding hydrogens is 285 g/mol. The van der Waals surface area contributed by atoms with Crippen molar-refractivity contribution in [2.45, 2.75) is 6.18 Å². The molecule has 6 heteroatoms. The number of alkyl halides is 3. The summed E-state index contributed by atoms with van der Waals surface area (Å²) in [6, 6.07) is 12.1. The lowest BCUT2D eigenvalue weighted by atomic mass is 10.0. The Kier molecular flexibility index (Phi) is 4.16. The molecule has 2 rings (SSSR count). The van der Waals surface area contributed by atoms with Gasteiger partial charge in [-0.25, -0.2) is 4.79 Å². The first kappa shape index (κ1) is 14.9. The SMILES string of the molecule is O=C(O)COc1ccc(-c2ccccc2)cc1C(F)(F)F. The molecule has 0 spiro atoms. The van der Waals surface area contributed by atoms with Gasteiger partial charge in [-0.2, -0.15) is 13.2 Å². The number of carboxylic acids is 1. The fraction of sp³-hybridized carbons (Fsp3) is 0.133. The van der Waals surface area contributed by atoms with Crippen LogP contribution in [-0.2, 0) is 11.0 Å². The molecule has 2 aromatic carbocycles. The molecule has 0 aliphatic rings. The van der Waals surface area contributed by atoms with E-state index in [1.165, 1.54) is 6.07 Å². The van der Waals surface area contributed by atoms with Crippen molar-refractivity contribution in [3.05, 3.63) is 54.1 Å². The standard InChI is InChI=1S/C15H11F3O3/c16-15(17,18)12-8-11(10-4-2-1-3-5-10)6-7-13(12)21-9-14(19)20/h1-8H,9H2,(H,19,20). The molecule has 0 aliphatic heterocycles. The number of halogens is 3. The Morgan fingerprint density at radius 1 is 1.05 bits per heavy atom. The van der Waals surface area contributed by atoms with Crippen molar-refractivity contribution >= 4 is 5.97 Å². The van der Waals surface area contributed by atoms with Crippen molar-refractivity contribution in [2.75, 3.05) is 6.61 Å². The molecule has 0 saturated heterocycles. The van der Waals surface area contributed by atoms with Crippen molar-refractivity contribution in [1.82, 2.24) is 0 Å². The Morgan fingerprint density at radius 3 is 2.29 bits per heavy atom. The molecule has 0 aromatic heterocycles. The molecule has 0 fully saturated rings. The van der Waals surface area contributed by atoms with Gasteiger partial charge in [0.05, 0.1) is 5.56 Å². The Morgan fingerprint density at radius 2 is 1.71 bits per heavy atom. The van der Waals surface area contributed by atoms with Crippen LogP contribution in [0.25, 0.3) is 11.1 Å². The van der Waals surface area contributed by atoms with E-state index in [-0.39, 0.29) is 0 Å². The first-order chi connectivity index (χ1) is 9.88. The number of ether oxygens (including phenoxy) is 1. The number of hydrogen-bond donors (Lipinski definition) is 1. The molecular formula is C15H11F3O3. The van der Waals surface area contributed by atoms with Crippen LogP contribution in [0.2, 0.25) is 0 Å². The van der Waals surface area contributed by atoms with E-state index in [4.69, 9.17) is 9.84 Å². The van der Waals surface area contributed by atoms with Crippen molar-refractivity contribution in [3.63, 3.8) is 0 Å². The number of carbonyl (C=O) groups is 1. The number of benzene rings is 2. The quantitative estimate of drug-likeness (QED) is 0.932. The van der Waals surface area contributed by atoms with E-state index < -0.39 is 30.1 Å². The molecule has 110 valence electrons. The highest BCUT2D eigenvalue weighted by Gasteiger charge is 2.35. The molecule has 0 heterocycles. The Hall–Kier alpha value is -2.50. The van der Waals surface area contributed by atoms with Crippen LogP contribution in [0, 0.1) is 0 Å². The zero-order valence-electron chi connectivity index (χ0n) is 10.7. The molecule has 0 unspecified atom stereocenters. The predicted molar refractivity (Wildman–Crippen MR) is 70.0 cm³/mol. The van der Waals surface area contributed by atoms with Crippen LogP contribution in [0.5, 0.6) is 5.75 Å². The summed E-state index contributed by atoms with van der Waals surface area (Å²) in [5.41, 5.74) is 0.0171. The average Bonchev–Trinajstić information content (AvgIpc) is 2.45. The third-order valence-corrected chi connectivity index (χ3v) is 2.74. The summed E-state index contributed by atoms with van der Waals surface area (Å²) < 4.78 is 43.8. The molecule has 3 nitrogen and oxygen atoms in total. The Bertz CT molecular complexity index is 636. The number of hydrogen-bond acceptors (Lipinski definition) is 2. The summed E-state index contributed by atoms with van der Waals surface area (Å²) in [5, 5.41) is 8.49. The first-order valence-electron chi connectivity index (χ1n) is 5.99.